The summed E-state index contributed by atoms with van der Waals surface area (Å²) in [4.78, 5) is 36.7. The van der Waals surface area contributed by atoms with Crippen molar-refractivity contribution < 1.29 is 37.7 Å². The molecule has 0 spiro atoms. The fourth-order valence-corrected chi connectivity index (χ4v) is 5.75. The predicted molar refractivity (Wildman–Crippen MR) is 179 cm³/mol. The molecule has 49 heavy (non-hydrogen) atoms. The van der Waals surface area contributed by atoms with E-state index in [0.29, 0.717) is 35.2 Å². The van der Waals surface area contributed by atoms with Gasteiger partial charge in [0, 0.05) is 30.8 Å². The molecule has 2 aliphatic heterocycles. The van der Waals surface area contributed by atoms with Crippen molar-refractivity contribution in [2.24, 2.45) is 5.41 Å². The Bertz CT molecular complexity index is 1800. The SMILES string of the molecule is CC(C)(C)C(=O)OCOC(=O)c1ccc2nc(CN3CCC(Oc4cccc(COc5ccc(Cl)cc5F)n4)CC3)n(C[C@@H]3CCO3)c2c1. The third-order valence-electron chi connectivity index (χ3n) is 8.47. The van der Waals surface area contributed by atoms with Crippen LogP contribution in [0, 0.1) is 11.2 Å². The molecule has 4 aromatic rings. The Morgan fingerprint density at radius 3 is 2.53 bits per heavy atom. The number of pyridine rings is 1. The van der Waals surface area contributed by atoms with E-state index in [1.165, 1.54) is 12.1 Å². The number of likely N-dealkylation sites (tertiary alicyclic amines) is 1. The molecule has 4 heterocycles. The highest BCUT2D eigenvalue weighted by atomic mass is 35.5. The molecule has 6 rings (SSSR count). The van der Waals surface area contributed by atoms with Gasteiger partial charge in [0.15, 0.2) is 11.6 Å². The number of carbonyl (C=O) groups excluding carboxylic acids is 2. The first-order chi connectivity index (χ1) is 23.5. The Kier molecular flexibility index (Phi) is 10.7. The van der Waals surface area contributed by atoms with E-state index in [-0.39, 0.29) is 24.6 Å². The fourth-order valence-electron chi connectivity index (χ4n) is 5.60. The smallest absolute Gasteiger partial charge is 0.341 e. The second kappa shape index (κ2) is 15.1. The van der Waals surface area contributed by atoms with E-state index in [2.05, 4.69) is 14.5 Å². The third-order valence-corrected chi connectivity index (χ3v) is 8.71. The van der Waals surface area contributed by atoms with Gasteiger partial charge in [0.1, 0.15) is 18.5 Å². The lowest BCUT2D eigenvalue weighted by Crippen LogP contribution is -2.39. The van der Waals surface area contributed by atoms with Gasteiger partial charge in [-0.2, -0.15) is 0 Å². The molecule has 11 nitrogen and oxygen atoms in total. The number of imidazole rings is 1. The number of aromatic nitrogens is 3. The van der Waals surface area contributed by atoms with Crippen molar-refractivity contribution >= 4 is 34.6 Å². The summed E-state index contributed by atoms with van der Waals surface area (Å²) in [5.41, 5.74) is 1.87. The molecule has 2 aromatic carbocycles. The van der Waals surface area contributed by atoms with E-state index in [0.717, 1.165) is 55.8 Å². The number of fused-ring (bicyclic) bond motifs is 1. The number of halogens is 2. The summed E-state index contributed by atoms with van der Waals surface area (Å²) in [6.07, 6.45) is 2.65. The van der Waals surface area contributed by atoms with Crippen LogP contribution in [0.5, 0.6) is 11.6 Å². The molecule has 0 aliphatic carbocycles. The largest absolute Gasteiger partial charge is 0.484 e. The number of carbonyl (C=O) groups is 2. The Labute approximate surface area is 289 Å². The van der Waals surface area contributed by atoms with Crippen LogP contribution in [-0.4, -0.2) is 70.1 Å². The second-order valence-corrected chi connectivity index (χ2v) is 13.7. The minimum Gasteiger partial charge on any atom is -0.484 e. The first-order valence-corrected chi connectivity index (χ1v) is 16.8. The number of ether oxygens (including phenoxy) is 5. The van der Waals surface area contributed by atoms with E-state index < -0.39 is 30.0 Å². The molecule has 2 aliphatic rings. The maximum absolute atomic E-state index is 14.1. The number of hydrogen-bond acceptors (Lipinski definition) is 10. The van der Waals surface area contributed by atoms with Gasteiger partial charge in [-0.1, -0.05) is 17.7 Å². The summed E-state index contributed by atoms with van der Waals surface area (Å²) in [5.74, 6) is -0.0576. The fraction of sp³-hybridized carbons (Fsp3) is 0.444. The van der Waals surface area contributed by atoms with Gasteiger partial charge in [-0.05, 0) is 82.5 Å². The first kappa shape index (κ1) is 34.6. The van der Waals surface area contributed by atoms with Crippen LogP contribution >= 0.6 is 11.6 Å². The standard InChI is InChI=1S/C36H40ClFN4O7/c1-36(2,3)35(44)48-22-47-34(43)23-7-9-29-30(17-23)42(19-27-13-16-45-27)32(40-29)20-41-14-11-26(12-15-41)49-33-6-4-5-25(39-33)21-46-31-10-8-24(37)18-28(31)38/h4-10,17-18,26-27H,11-16,19-22H2,1-3H3/t27-/m0/s1. The minimum atomic E-state index is -0.692. The van der Waals surface area contributed by atoms with Gasteiger partial charge >= 0.3 is 11.9 Å². The average Bonchev–Trinajstić information content (AvgIpc) is 3.38. The van der Waals surface area contributed by atoms with Crippen molar-refractivity contribution in [3.63, 3.8) is 0 Å². The number of hydrogen-bond donors (Lipinski definition) is 0. The van der Waals surface area contributed by atoms with Crippen LogP contribution < -0.4 is 9.47 Å². The molecule has 13 heteroatoms. The number of esters is 2. The zero-order valence-electron chi connectivity index (χ0n) is 27.8. The molecular formula is C36H40ClFN4O7. The normalized spacial score (nSPS) is 17.0. The summed E-state index contributed by atoms with van der Waals surface area (Å²) >= 11 is 5.83. The molecule has 0 unspecified atom stereocenters. The Hall–Kier alpha value is -4.26. The molecular weight excluding hydrogens is 655 g/mol. The maximum Gasteiger partial charge on any atom is 0.341 e. The van der Waals surface area contributed by atoms with Crippen LogP contribution in [0.4, 0.5) is 4.39 Å². The molecule has 1 atom stereocenters. The molecule has 0 bridgehead atoms. The molecule has 260 valence electrons. The van der Waals surface area contributed by atoms with Gasteiger partial charge in [-0.3, -0.25) is 9.69 Å². The Morgan fingerprint density at radius 2 is 1.82 bits per heavy atom. The van der Waals surface area contributed by atoms with Gasteiger partial charge in [0.05, 0.1) is 46.9 Å². The number of piperidine rings is 1. The van der Waals surface area contributed by atoms with Crippen molar-refractivity contribution in [2.75, 3.05) is 26.5 Å². The van der Waals surface area contributed by atoms with Gasteiger partial charge in [-0.25, -0.2) is 19.2 Å². The van der Waals surface area contributed by atoms with Gasteiger partial charge in [-0.15, -0.1) is 0 Å². The second-order valence-electron chi connectivity index (χ2n) is 13.3. The maximum atomic E-state index is 14.1. The predicted octanol–water partition coefficient (Wildman–Crippen LogP) is 6.34. The lowest BCUT2D eigenvalue weighted by atomic mass is 9.98. The van der Waals surface area contributed by atoms with E-state index in [1.54, 1.807) is 45.0 Å². The van der Waals surface area contributed by atoms with E-state index in [9.17, 15) is 14.0 Å². The zero-order chi connectivity index (χ0) is 34.5. The first-order valence-electron chi connectivity index (χ1n) is 16.4. The summed E-state index contributed by atoms with van der Waals surface area (Å²) < 4.78 is 44.1. The van der Waals surface area contributed by atoms with Gasteiger partial charge in [0.25, 0.3) is 0 Å². The lowest BCUT2D eigenvalue weighted by molar-refractivity contribution is -0.161. The molecule has 2 saturated heterocycles. The van der Waals surface area contributed by atoms with Crippen LogP contribution in [-0.2, 0) is 38.7 Å². The molecule has 0 N–H and O–H groups in total. The summed E-state index contributed by atoms with van der Waals surface area (Å²) in [5, 5.41) is 0.304. The van der Waals surface area contributed by atoms with Gasteiger partial charge < -0.3 is 28.3 Å². The summed E-state index contributed by atoms with van der Waals surface area (Å²) in [7, 11) is 0. The average molecular weight is 695 g/mol. The van der Waals surface area contributed by atoms with Crippen molar-refractivity contribution in [1.29, 1.82) is 0 Å². The number of benzene rings is 2. The quantitative estimate of drug-likeness (QED) is 0.123. The Balaban J connectivity index is 1.05. The van der Waals surface area contributed by atoms with Crippen LogP contribution in [0.25, 0.3) is 11.0 Å². The summed E-state index contributed by atoms with van der Waals surface area (Å²) in [6.45, 7) is 8.44. The highest BCUT2D eigenvalue weighted by Crippen LogP contribution is 2.26. The molecule has 2 aromatic heterocycles. The molecule has 0 amide bonds. The monoisotopic (exact) mass is 694 g/mol. The summed E-state index contributed by atoms with van der Waals surface area (Å²) in [6, 6.07) is 15.0. The Morgan fingerprint density at radius 1 is 1.02 bits per heavy atom. The van der Waals surface area contributed by atoms with Crippen molar-refractivity contribution in [2.45, 2.75) is 71.9 Å². The number of rotatable bonds is 12. The zero-order valence-corrected chi connectivity index (χ0v) is 28.6. The number of nitrogens with zero attached hydrogens (tertiary/aromatic N) is 4. The highest BCUT2D eigenvalue weighted by molar-refractivity contribution is 6.30. The van der Waals surface area contributed by atoms with Crippen LogP contribution in [0.2, 0.25) is 5.02 Å². The van der Waals surface area contributed by atoms with Crippen molar-refractivity contribution in [3.05, 3.63) is 82.5 Å². The van der Waals surface area contributed by atoms with Crippen LogP contribution in [0.1, 0.15) is 61.9 Å². The van der Waals surface area contributed by atoms with Crippen LogP contribution in [0.3, 0.4) is 0 Å². The van der Waals surface area contributed by atoms with E-state index in [1.807, 2.05) is 18.2 Å². The van der Waals surface area contributed by atoms with Crippen molar-refractivity contribution in [1.82, 2.24) is 19.4 Å². The lowest BCUT2D eigenvalue weighted by Gasteiger charge is -2.32. The van der Waals surface area contributed by atoms with E-state index >= 15 is 0 Å². The minimum absolute atomic E-state index is 0.00735. The van der Waals surface area contributed by atoms with Crippen molar-refractivity contribution in [3.8, 4) is 11.6 Å². The molecule has 0 saturated carbocycles. The van der Waals surface area contributed by atoms with Crippen LogP contribution in [0.15, 0.2) is 54.6 Å². The highest BCUT2D eigenvalue weighted by Gasteiger charge is 2.27. The third kappa shape index (κ3) is 8.86. The van der Waals surface area contributed by atoms with Gasteiger partial charge in [0.2, 0.25) is 12.7 Å². The topological polar surface area (TPSA) is 114 Å². The molecule has 2 fully saturated rings. The molecule has 0 radical (unpaired) electrons. The van der Waals surface area contributed by atoms with E-state index in [4.69, 9.17) is 40.3 Å².